The van der Waals surface area contributed by atoms with Crippen molar-refractivity contribution in [2.24, 2.45) is 0 Å². The van der Waals surface area contributed by atoms with Gasteiger partial charge in [0.1, 0.15) is 5.82 Å². The van der Waals surface area contributed by atoms with Crippen LogP contribution in [0.25, 0.3) is 35.3 Å². The van der Waals surface area contributed by atoms with Crippen molar-refractivity contribution in [3.63, 3.8) is 0 Å². The third kappa shape index (κ3) is 17.7. The van der Waals surface area contributed by atoms with Crippen molar-refractivity contribution in [2.75, 3.05) is 11.5 Å². The number of carbonyl (C=O) groups is 2. The smallest absolute Gasteiger partial charge is 0.416 e. The zero-order chi connectivity index (χ0) is 45.5. The Labute approximate surface area is 363 Å². The molecule has 1 aromatic heterocycles. The first-order valence-electron chi connectivity index (χ1n) is 16.8. The molecule has 0 aliphatic carbocycles. The van der Waals surface area contributed by atoms with E-state index in [0.29, 0.717) is 33.9 Å². The molecule has 0 saturated heterocycles. The van der Waals surface area contributed by atoms with Crippen LogP contribution in [0.4, 0.5) is 50.9 Å². The summed E-state index contributed by atoms with van der Waals surface area (Å²) in [6.07, 6.45) is -5.07. The van der Waals surface area contributed by atoms with Crippen LogP contribution in [0.15, 0.2) is 130 Å². The summed E-state index contributed by atoms with van der Waals surface area (Å²) in [6.45, 7) is 0. The average molecular weight is 1000 g/mol. The van der Waals surface area contributed by atoms with Crippen LogP contribution in [0, 0.1) is 0 Å². The lowest BCUT2D eigenvalue weighted by molar-refractivity contribution is -0.138. The number of halogens is 12. The topological polar surface area (TPSA) is 135 Å². The number of nitrogens with one attached hydrogen (secondary N) is 1. The van der Waals surface area contributed by atoms with E-state index in [1.165, 1.54) is 48.6 Å². The van der Waals surface area contributed by atoms with Crippen LogP contribution in [0.2, 0.25) is 0 Å². The molecule has 1 heterocycles. The fraction of sp³-hybridized carbons (Fsp3) is 0.0714. The molecule has 6 rings (SSSR count). The molecule has 5 aromatic carbocycles. The van der Waals surface area contributed by atoms with E-state index >= 15 is 0 Å². The minimum absolute atomic E-state index is 0.408. The van der Waals surface area contributed by atoms with E-state index in [9.17, 15) is 49.1 Å². The molecule has 6 aromatic rings. The Morgan fingerprint density at radius 3 is 1.38 bits per heavy atom. The average Bonchev–Trinajstić information content (AvgIpc) is 3.59. The molecule has 0 amide bonds. The van der Waals surface area contributed by atoms with Crippen LogP contribution < -0.4 is 11.5 Å². The highest BCUT2D eigenvalue weighted by atomic mass is 79.9. The molecule has 0 bridgehead atoms. The normalized spacial score (nSPS) is 11.7. The highest BCUT2D eigenvalue weighted by Crippen LogP contribution is 2.31. The molecule has 0 aliphatic rings. The second-order valence-corrected chi connectivity index (χ2v) is 14.3. The van der Waals surface area contributed by atoms with E-state index < -0.39 is 46.4 Å². The van der Waals surface area contributed by atoms with Gasteiger partial charge >= 0.3 is 24.5 Å². The van der Waals surface area contributed by atoms with Crippen LogP contribution in [-0.4, -0.2) is 26.3 Å². The maximum Gasteiger partial charge on any atom is 0.416 e. The molecule has 0 spiro atoms. The van der Waals surface area contributed by atoms with E-state index in [-0.39, 0.29) is 0 Å². The zero-order valence-electron chi connectivity index (χ0n) is 30.8. The molecule has 19 heteroatoms. The number of aliphatic carboxylic acids is 1. The molecule has 0 atom stereocenters. The minimum atomic E-state index is -4.37. The first-order valence-corrected chi connectivity index (χ1v) is 18.8. The molecular formula is C42H30Br2ClF9N4O3. The standard InChI is InChI=1S/C16H10BrF3N2.C10H6ClF3O.C10H7F3O2.C6H7BrN2/c17-12-6-7-13-14(9-12)22-15(21-13)8-3-10-1-4-11(5-2-10)16(18,19)20;11-9(15)6-3-7-1-4-8(5-2-7)10(12,13)14;11-10(12,13)8-4-1-7(2-5-8)3-6-9(14)15;7-4-1-2-5(8)6(9)3-4/h1-9H,(H,21,22);1-6H;1-6H,(H,14,15);1-3H,8-9H2/b8-3+;2*6-3+;. The van der Waals surface area contributed by atoms with Crippen molar-refractivity contribution in [3.8, 4) is 0 Å². The predicted octanol–water partition coefficient (Wildman–Crippen LogP) is 13.4. The lowest BCUT2D eigenvalue weighted by Crippen LogP contribution is -2.03. The number of aromatic amines is 1. The van der Waals surface area contributed by atoms with Gasteiger partial charge in [0.2, 0.25) is 5.24 Å². The van der Waals surface area contributed by atoms with E-state index in [1.54, 1.807) is 24.3 Å². The number of carboxylic acid groups (broad SMARTS) is 1. The number of nitrogens with zero attached hydrogens (tertiary/aromatic N) is 1. The first kappa shape index (κ1) is 49.5. The summed E-state index contributed by atoms with van der Waals surface area (Å²) in [5.74, 6) is -0.497. The number of hydrogen-bond donors (Lipinski definition) is 4. The van der Waals surface area contributed by atoms with Gasteiger partial charge < -0.3 is 21.6 Å². The molecule has 0 radical (unpaired) electrons. The van der Waals surface area contributed by atoms with Crippen molar-refractivity contribution in [1.82, 2.24) is 9.97 Å². The number of rotatable bonds is 6. The van der Waals surface area contributed by atoms with Gasteiger partial charge in [-0.15, -0.1) is 0 Å². The highest BCUT2D eigenvalue weighted by molar-refractivity contribution is 9.10. The highest BCUT2D eigenvalue weighted by Gasteiger charge is 2.31. The van der Waals surface area contributed by atoms with Gasteiger partial charge in [-0.1, -0.05) is 80.4 Å². The van der Waals surface area contributed by atoms with Gasteiger partial charge in [0.05, 0.1) is 39.1 Å². The molecule has 7 nitrogen and oxygen atoms in total. The van der Waals surface area contributed by atoms with Crippen LogP contribution in [0.3, 0.4) is 0 Å². The number of hydrogen-bond acceptors (Lipinski definition) is 5. The van der Waals surface area contributed by atoms with Gasteiger partial charge in [0.15, 0.2) is 0 Å². The molecular weight excluding hydrogens is 975 g/mol. The Hall–Kier alpha value is -5.85. The minimum Gasteiger partial charge on any atom is -0.478 e. The molecule has 0 aliphatic heterocycles. The van der Waals surface area contributed by atoms with Crippen LogP contribution in [0.1, 0.15) is 39.2 Å². The quantitative estimate of drug-likeness (QED) is 0.0568. The van der Waals surface area contributed by atoms with Crippen molar-refractivity contribution >= 4 is 101 Å². The molecule has 0 saturated carbocycles. The Kier molecular flexibility index (Phi) is 18.0. The molecule has 0 unspecified atom stereocenters. The third-order valence-electron chi connectivity index (χ3n) is 7.48. The van der Waals surface area contributed by atoms with Gasteiger partial charge in [0, 0.05) is 15.0 Å². The number of allylic oxidation sites excluding steroid dienone is 1. The number of carboxylic acids is 1. The Bertz CT molecular complexity index is 2410. The number of alkyl halides is 9. The second-order valence-electron chi connectivity index (χ2n) is 12.1. The van der Waals surface area contributed by atoms with Gasteiger partial charge in [-0.2, -0.15) is 39.5 Å². The summed E-state index contributed by atoms with van der Waals surface area (Å²) in [6, 6.07) is 24.7. The molecule has 6 N–H and O–H groups in total. The molecule has 0 fully saturated rings. The summed E-state index contributed by atoms with van der Waals surface area (Å²) < 4.78 is 112. The maximum atomic E-state index is 12.5. The van der Waals surface area contributed by atoms with Crippen LogP contribution in [0.5, 0.6) is 0 Å². The summed E-state index contributed by atoms with van der Waals surface area (Å²) in [5, 5.41) is 7.62. The summed E-state index contributed by atoms with van der Waals surface area (Å²) in [4.78, 5) is 28.0. The zero-order valence-corrected chi connectivity index (χ0v) is 34.7. The van der Waals surface area contributed by atoms with Crippen LogP contribution >= 0.6 is 43.5 Å². The SMILES string of the molecule is FC(F)(F)c1ccc(/C=C/c2nc3ccc(Br)cc3[nH]2)cc1.Nc1ccc(Br)cc1N.O=C(Cl)/C=C/c1ccc(C(F)(F)F)cc1.O=C(O)/C=C/c1ccc(C(F)(F)F)cc1. The number of nitrogen functional groups attached to an aromatic ring is 2. The Balaban J connectivity index is 0.000000227. The summed E-state index contributed by atoms with van der Waals surface area (Å²) in [5.41, 5.74) is 13.3. The predicted molar refractivity (Wildman–Crippen MR) is 227 cm³/mol. The summed E-state index contributed by atoms with van der Waals surface area (Å²) in [7, 11) is 0. The second kappa shape index (κ2) is 22.1. The summed E-state index contributed by atoms with van der Waals surface area (Å²) >= 11 is 11.7. The number of H-pyrrole nitrogens is 1. The first-order chi connectivity index (χ1) is 28.4. The van der Waals surface area contributed by atoms with Gasteiger partial charge in [-0.05, 0) is 119 Å². The molecule has 61 heavy (non-hydrogen) atoms. The number of carbonyl (C=O) groups excluding carboxylic acids is 1. The van der Waals surface area contributed by atoms with Crippen molar-refractivity contribution in [1.29, 1.82) is 0 Å². The number of aromatic nitrogens is 2. The number of benzene rings is 5. The maximum absolute atomic E-state index is 12.5. The van der Waals surface area contributed by atoms with Gasteiger partial charge in [-0.3, -0.25) is 4.79 Å². The van der Waals surface area contributed by atoms with Crippen molar-refractivity contribution < 1.29 is 54.2 Å². The largest absolute Gasteiger partial charge is 0.478 e. The number of nitrogens with two attached hydrogens (primary N) is 2. The lowest BCUT2D eigenvalue weighted by atomic mass is 10.1. The molecule has 320 valence electrons. The Morgan fingerprint density at radius 1 is 0.574 bits per heavy atom. The van der Waals surface area contributed by atoms with E-state index in [1.807, 2.05) is 24.3 Å². The van der Waals surface area contributed by atoms with Crippen LogP contribution in [-0.2, 0) is 28.1 Å². The lowest BCUT2D eigenvalue weighted by Gasteiger charge is -2.05. The fourth-order valence-electron chi connectivity index (χ4n) is 4.48. The van der Waals surface area contributed by atoms with Crippen molar-refractivity contribution in [2.45, 2.75) is 18.5 Å². The number of anilines is 2. The van der Waals surface area contributed by atoms with Gasteiger partial charge in [0.25, 0.3) is 0 Å². The fourth-order valence-corrected chi connectivity index (χ4v) is 5.28. The Morgan fingerprint density at radius 2 is 0.984 bits per heavy atom. The van der Waals surface area contributed by atoms with E-state index in [0.717, 1.165) is 68.5 Å². The van der Waals surface area contributed by atoms with E-state index in [4.69, 9.17) is 28.2 Å². The monoisotopic (exact) mass is 1000 g/mol. The third-order valence-corrected chi connectivity index (χ3v) is 8.60. The van der Waals surface area contributed by atoms with E-state index in [2.05, 4.69) is 41.8 Å². The number of imidazole rings is 1. The van der Waals surface area contributed by atoms with Gasteiger partial charge in [-0.25, -0.2) is 9.78 Å². The number of fused-ring (bicyclic) bond motifs is 1. The van der Waals surface area contributed by atoms with Crippen molar-refractivity contribution in [3.05, 3.63) is 169 Å².